The smallest absolute Gasteiger partial charge is 0.408 e. The zero-order chi connectivity index (χ0) is 19.6. The quantitative estimate of drug-likeness (QED) is 0.762. The lowest BCUT2D eigenvalue weighted by atomic mass is 10.1. The van der Waals surface area contributed by atoms with Crippen molar-refractivity contribution in [3.05, 3.63) is 23.5 Å². The van der Waals surface area contributed by atoms with E-state index in [-0.39, 0.29) is 11.3 Å². The minimum atomic E-state index is -0.896. The predicted octanol–water partition coefficient (Wildman–Crippen LogP) is 2.94. The van der Waals surface area contributed by atoms with Crippen LogP contribution in [0.4, 0.5) is 14.9 Å². The van der Waals surface area contributed by atoms with Gasteiger partial charge in [0.25, 0.3) is 0 Å². The van der Waals surface area contributed by atoms with Gasteiger partial charge >= 0.3 is 12.1 Å². The van der Waals surface area contributed by atoms with Crippen molar-refractivity contribution in [3.63, 3.8) is 0 Å². The summed E-state index contributed by atoms with van der Waals surface area (Å²) in [5.41, 5.74) is -0.705. The molecule has 0 radical (unpaired) electrons. The molecular formula is C17H21FN2O5S. The Bertz CT molecular complexity index is 747. The fraction of sp³-hybridized carbons (Fsp3) is 0.471. The summed E-state index contributed by atoms with van der Waals surface area (Å²) in [6.45, 7) is 6.87. The number of ether oxygens (including phenoxy) is 2. The van der Waals surface area contributed by atoms with Gasteiger partial charge in [-0.3, -0.25) is 4.79 Å². The van der Waals surface area contributed by atoms with E-state index in [4.69, 9.17) is 4.74 Å². The lowest BCUT2D eigenvalue weighted by molar-refractivity contribution is -0.118. The van der Waals surface area contributed by atoms with E-state index in [0.717, 1.165) is 7.11 Å². The number of carbonyl (C=O) groups excluding carboxylic acids is 3. The number of hydrogen-bond donors (Lipinski definition) is 2. The van der Waals surface area contributed by atoms with Gasteiger partial charge in [0.15, 0.2) is 0 Å². The summed E-state index contributed by atoms with van der Waals surface area (Å²) in [6.07, 6.45) is -0.725. The number of hydrogen-bond acceptors (Lipinski definition) is 6. The van der Waals surface area contributed by atoms with Crippen molar-refractivity contribution in [1.29, 1.82) is 0 Å². The van der Waals surface area contributed by atoms with Gasteiger partial charge in [-0.1, -0.05) is 6.92 Å². The van der Waals surface area contributed by atoms with Crippen LogP contribution in [-0.2, 0) is 14.3 Å². The number of benzene rings is 1. The van der Waals surface area contributed by atoms with Crippen molar-refractivity contribution in [1.82, 2.24) is 5.32 Å². The number of esters is 1. The molecule has 1 aromatic rings. The van der Waals surface area contributed by atoms with Crippen LogP contribution in [0.15, 0.2) is 17.0 Å². The molecule has 0 aromatic heterocycles. The number of halogens is 1. The summed E-state index contributed by atoms with van der Waals surface area (Å²) in [6, 6.07) is 1.50. The number of nitrogens with one attached hydrogen (secondary N) is 2. The topological polar surface area (TPSA) is 93.7 Å². The Labute approximate surface area is 155 Å². The highest BCUT2D eigenvalue weighted by Gasteiger charge is 2.34. The van der Waals surface area contributed by atoms with Crippen LogP contribution in [-0.4, -0.2) is 42.0 Å². The zero-order valence-electron chi connectivity index (χ0n) is 15.1. The highest BCUT2D eigenvalue weighted by molar-refractivity contribution is 8.00. The molecule has 2 atom stereocenters. The van der Waals surface area contributed by atoms with Gasteiger partial charge in [-0.05, 0) is 32.9 Å². The Hall–Kier alpha value is -2.29. The molecule has 2 N–H and O–H groups in total. The summed E-state index contributed by atoms with van der Waals surface area (Å²) >= 11 is 1.20. The molecule has 0 saturated carbocycles. The van der Waals surface area contributed by atoms with Crippen molar-refractivity contribution in [2.75, 3.05) is 12.4 Å². The van der Waals surface area contributed by atoms with E-state index >= 15 is 0 Å². The number of rotatable bonds is 2. The molecule has 7 nitrogen and oxygen atoms in total. The van der Waals surface area contributed by atoms with Gasteiger partial charge in [-0.15, -0.1) is 11.8 Å². The Morgan fingerprint density at radius 2 is 1.96 bits per heavy atom. The van der Waals surface area contributed by atoms with Crippen LogP contribution in [0.2, 0.25) is 0 Å². The van der Waals surface area contributed by atoms with Gasteiger partial charge in [-0.2, -0.15) is 0 Å². The summed E-state index contributed by atoms with van der Waals surface area (Å²) in [5, 5.41) is 4.75. The van der Waals surface area contributed by atoms with Crippen molar-refractivity contribution in [3.8, 4) is 0 Å². The lowest BCUT2D eigenvalue weighted by Crippen LogP contribution is -2.49. The van der Waals surface area contributed by atoms with E-state index in [1.54, 1.807) is 27.7 Å². The molecule has 26 heavy (non-hydrogen) atoms. The van der Waals surface area contributed by atoms with Gasteiger partial charge in [0.2, 0.25) is 5.91 Å². The number of amides is 2. The zero-order valence-corrected chi connectivity index (χ0v) is 16.0. The first-order chi connectivity index (χ1) is 12.0. The van der Waals surface area contributed by atoms with Gasteiger partial charge in [0.05, 0.1) is 18.4 Å². The first-order valence-corrected chi connectivity index (χ1v) is 8.78. The van der Waals surface area contributed by atoms with E-state index in [2.05, 4.69) is 15.4 Å². The fourth-order valence-corrected chi connectivity index (χ4v) is 3.46. The maximum absolute atomic E-state index is 14.1. The van der Waals surface area contributed by atoms with E-state index in [1.807, 2.05) is 0 Å². The highest BCUT2D eigenvalue weighted by Crippen LogP contribution is 2.37. The number of methoxy groups -OCH3 is 1. The molecule has 9 heteroatoms. The van der Waals surface area contributed by atoms with Gasteiger partial charge in [0, 0.05) is 10.1 Å². The predicted molar refractivity (Wildman–Crippen MR) is 94.8 cm³/mol. The second kappa shape index (κ2) is 7.53. The van der Waals surface area contributed by atoms with Crippen molar-refractivity contribution in [2.24, 2.45) is 0 Å². The molecule has 1 heterocycles. The molecule has 1 aromatic carbocycles. The normalized spacial score (nSPS) is 19.7. The number of fused-ring (bicyclic) bond motifs is 1. The number of anilines is 1. The summed E-state index contributed by atoms with van der Waals surface area (Å²) in [7, 11) is 1.14. The standard InChI is InChI=1S/C17H21FN2O5S/c1-8-13(20-16(23)25-17(2,3)4)14(21)19-11-6-9(15(22)24-5)10(18)7-12(11)26-8/h6-8,13H,1-5H3,(H,19,21)(H,20,23)/t8-,13+/m1/s1. The molecule has 0 spiro atoms. The van der Waals surface area contributed by atoms with E-state index in [0.29, 0.717) is 4.90 Å². The summed E-state index contributed by atoms with van der Waals surface area (Å²) in [4.78, 5) is 36.6. The van der Waals surface area contributed by atoms with E-state index in [9.17, 15) is 18.8 Å². The second-order valence-corrected chi connectivity index (χ2v) is 8.18. The van der Waals surface area contributed by atoms with E-state index in [1.165, 1.54) is 23.9 Å². The Balaban J connectivity index is 2.26. The molecule has 1 aliphatic rings. The molecule has 0 bridgehead atoms. The van der Waals surface area contributed by atoms with Crippen LogP contribution in [0.3, 0.4) is 0 Å². The maximum atomic E-state index is 14.1. The number of thioether (sulfide) groups is 1. The molecular weight excluding hydrogens is 363 g/mol. The molecule has 0 aliphatic carbocycles. The first-order valence-electron chi connectivity index (χ1n) is 7.90. The number of carbonyl (C=O) groups is 3. The monoisotopic (exact) mass is 384 g/mol. The van der Waals surface area contributed by atoms with Gasteiger partial charge < -0.3 is 20.1 Å². The summed E-state index contributed by atoms with van der Waals surface area (Å²) in [5.74, 6) is -2.08. The molecule has 2 rings (SSSR count). The summed E-state index contributed by atoms with van der Waals surface area (Å²) < 4.78 is 23.9. The third-order valence-electron chi connectivity index (χ3n) is 3.47. The average Bonchev–Trinajstić information content (AvgIpc) is 2.62. The van der Waals surface area contributed by atoms with Crippen LogP contribution in [0, 0.1) is 5.82 Å². The molecule has 0 unspecified atom stereocenters. The molecule has 2 amide bonds. The molecule has 0 saturated heterocycles. The Kier molecular flexibility index (Phi) is 5.80. The van der Waals surface area contributed by atoms with Crippen molar-refractivity contribution in [2.45, 2.75) is 49.5 Å². The molecule has 142 valence electrons. The van der Waals surface area contributed by atoms with Crippen LogP contribution in [0.1, 0.15) is 38.1 Å². The van der Waals surface area contributed by atoms with Crippen LogP contribution in [0.5, 0.6) is 0 Å². The number of alkyl carbamates (subject to hydrolysis) is 1. The van der Waals surface area contributed by atoms with Crippen molar-refractivity contribution >= 4 is 35.4 Å². The van der Waals surface area contributed by atoms with Crippen LogP contribution < -0.4 is 10.6 Å². The largest absolute Gasteiger partial charge is 0.465 e. The lowest BCUT2D eigenvalue weighted by Gasteiger charge is -2.24. The molecule has 0 fully saturated rings. The minimum Gasteiger partial charge on any atom is -0.465 e. The Morgan fingerprint density at radius 3 is 2.54 bits per heavy atom. The van der Waals surface area contributed by atoms with Crippen molar-refractivity contribution < 1.29 is 28.2 Å². The van der Waals surface area contributed by atoms with Crippen LogP contribution >= 0.6 is 11.8 Å². The van der Waals surface area contributed by atoms with Crippen LogP contribution in [0.25, 0.3) is 0 Å². The first kappa shape index (κ1) is 20.0. The highest BCUT2D eigenvalue weighted by atomic mass is 32.2. The Morgan fingerprint density at radius 1 is 1.31 bits per heavy atom. The third kappa shape index (κ3) is 4.66. The minimum absolute atomic E-state index is 0.279. The van der Waals surface area contributed by atoms with E-state index < -0.39 is 40.7 Å². The second-order valence-electron chi connectivity index (χ2n) is 6.76. The fourth-order valence-electron chi connectivity index (χ4n) is 2.33. The molecule has 1 aliphatic heterocycles. The maximum Gasteiger partial charge on any atom is 0.408 e. The SMILES string of the molecule is COC(=O)c1cc2c(cc1F)S[C@H](C)[C@H](NC(=O)OC(C)(C)C)C(=O)N2. The average molecular weight is 384 g/mol. The third-order valence-corrected chi connectivity index (χ3v) is 4.71. The van der Waals surface area contributed by atoms with Gasteiger partial charge in [0.1, 0.15) is 17.5 Å². The van der Waals surface area contributed by atoms with Gasteiger partial charge in [-0.25, -0.2) is 14.0 Å².